The van der Waals surface area contributed by atoms with Gasteiger partial charge >= 0.3 is 0 Å². The monoisotopic (exact) mass is 458 g/mol. The summed E-state index contributed by atoms with van der Waals surface area (Å²) in [7, 11) is 0. The normalized spacial score (nSPS) is 11.1. The second-order valence-corrected chi connectivity index (χ2v) is 5.34. The van der Waals surface area contributed by atoms with Crippen LogP contribution < -0.4 is 10.6 Å². The first-order chi connectivity index (χ1) is 11.8. The van der Waals surface area contributed by atoms with Crippen LogP contribution in [-0.2, 0) is 26.1 Å². The van der Waals surface area contributed by atoms with Crippen LogP contribution in [-0.4, -0.2) is 38.9 Å². The zero-order chi connectivity index (χ0) is 17.2. The van der Waals surface area contributed by atoms with Gasteiger partial charge in [-0.2, -0.15) is 0 Å². The number of rotatable bonds is 8. The van der Waals surface area contributed by atoms with E-state index in [2.05, 4.69) is 32.7 Å². The molecule has 0 unspecified atom stereocenters. The van der Waals surface area contributed by atoms with E-state index in [-0.39, 0.29) is 30.6 Å². The molecule has 3 N–H and O–H groups in total. The lowest BCUT2D eigenvalue weighted by Gasteiger charge is -2.13. The van der Waals surface area contributed by atoms with Crippen LogP contribution in [0.15, 0.2) is 35.6 Å². The van der Waals surface area contributed by atoms with Crippen molar-refractivity contribution in [2.75, 3.05) is 13.1 Å². The van der Waals surface area contributed by atoms with E-state index < -0.39 is 0 Å². The van der Waals surface area contributed by atoms with E-state index in [1.54, 1.807) is 6.33 Å². The van der Waals surface area contributed by atoms with Crippen LogP contribution in [0.1, 0.15) is 30.8 Å². The molecule has 0 aliphatic carbocycles. The highest BCUT2D eigenvalue weighted by Crippen LogP contribution is 2.09. The predicted molar refractivity (Wildman–Crippen MR) is 110 cm³/mol. The summed E-state index contributed by atoms with van der Waals surface area (Å²) in [5.74, 6) is 1.74. The van der Waals surface area contributed by atoms with Crippen LogP contribution >= 0.6 is 24.0 Å². The summed E-state index contributed by atoms with van der Waals surface area (Å²) in [4.78, 5) is 4.60. The summed E-state index contributed by atoms with van der Waals surface area (Å²) in [5, 5.41) is 24.0. The van der Waals surface area contributed by atoms with Gasteiger partial charge in [-0.1, -0.05) is 31.2 Å². The van der Waals surface area contributed by atoms with Crippen LogP contribution in [0, 0.1) is 0 Å². The molecular formula is C17H27IN6O. The fourth-order valence-corrected chi connectivity index (χ4v) is 2.41. The molecule has 8 heteroatoms. The highest BCUT2D eigenvalue weighted by molar-refractivity contribution is 14.0. The molecule has 0 amide bonds. The van der Waals surface area contributed by atoms with E-state index >= 15 is 0 Å². The van der Waals surface area contributed by atoms with Gasteiger partial charge in [0.1, 0.15) is 12.2 Å². The molecule has 25 heavy (non-hydrogen) atoms. The average Bonchev–Trinajstić information content (AvgIpc) is 3.07. The quantitative estimate of drug-likeness (QED) is 0.319. The van der Waals surface area contributed by atoms with E-state index in [0.29, 0.717) is 6.54 Å². The zero-order valence-corrected chi connectivity index (χ0v) is 17.1. The Morgan fingerprint density at radius 1 is 1.20 bits per heavy atom. The third kappa shape index (κ3) is 6.62. The van der Waals surface area contributed by atoms with E-state index in [0.717, 1.165) is 49.0 Å². The summed E-state index contributed by atoms with van der Waals surface area (Å²) in [5.41, 5.74) is 1.94. The highest BCUT2D eigenvalue weighted by atomic mass is 127. The van der Waals surface area contributed by atoms with Crippen molar-refractivity contribution in [3.05, 3.63) is 47.5 Å². The van der Waals surface area contributed by atoms with Crippen molar-refractivity contribution in [3.8, 4) is 0 Å². The van der Waals surface area contributed by atoms with Gasteiger partial charge in [-0.05, 0) is 18.1 Å². The Bertz CT molecular complexity index is 658. The standard InChI is InChI=1S/C17H26N6O.HI/c1-3-16-22-21-13-23(16)10-9-19-17(18-4-2)20-11-14-7-5-6-8-15(14)12-24;/h5-8,13,24H,3-4,9-12H2,1-2H3,(H2,18,19,20);1H. The summed E-state index contributed by atoms with van der Waals surface area (Å²) < 4.78 is 2.04. The third-order valence-electron chi connectivity index (χ3n) is 3.70. The first-order valence-electron chi connectivity index (χ1n) is 8.35. The van der Waals surface area contributed by atoms with Gasteiger partial charge in [-0.15, -0.1) is 34.2 Å². The number of aryl methyl sites for hydroxylation is 1. The van der Waals surface area contributed by atoms with E-state index in [9.17, 15) is 5.11 Å². The number of nitrogens with zero attached hydrogens (tertiary/aromatic N) is 4. The van der Waals surface area contributed by atoms with Crippen molar-refractivity contribution >= 4 is 29.9 Å². The van der Waals surface area contributed by atoms with Crippen LogP contribution in [0.25, 0.3) is 0 Å². The van der Waals surface area contributed by atoms with E-state index in [4.69, 9.17) is 0 Å². The molecule has 0 spiro atoms. The van der Waals surface area contributed by atoms with Crippen molar-refractivity contribution in [2.45, 2.75) is 40.0 Å². The predicted octanol–water partition coefficient (Wildman–Crippen LogP) is 1.71. The van der Waals surface area contributed by atoms with Crippen LogP contribution in [0.2, 0.25) is 0 Å². The number of halogens is 1. The van der Waals surface area contributed by atoms with Gasteiger partial charge in [0.05, 0.1) is 13.2 Å². The molecule has 1 aromatic carbocycles. The fraction of sp³-hybridized carbons (Fsp3) is 0.471. The minimum absolute atomic E-state index is 0. The molecule has 0 bridgehead atoms. The Balaban J connectivity index is 0.00000312. The summed E-state index contributed by atoms with van der Waals surface area (Å²) in [6.07, 6.45) is 2.62. The Morgan fingerprint density at radius 2 is 1.96 bits per heavy atom. The zero-order valence-electron chi connectivity index (χ0n) is 14.8. The van der Waals surface area contributed by atoms with Gasteiger partial charge in [0.15, 0.2) is 5.96 Å². The number of hydrogen-bond acceptors (Lipinski definition) is 4. The van der Waals surface area contributed by atoms with E-state index in [1.807, 2.05) is 35.8 Å². The van der Waals surface area contributed by atoms with Gasteiger partial charge in [0.2, 0.25) is 0 Å². The minimum Gasteiger partial charge on any atom is -0.392 e. The molecule has 0 atom stereocenters. The lowest BCUT2D eigenvalue weighted by atomic mass is 10.1. The molecule has 0 saturated heterocycles. The Hall–Kier alpha value is -1.68. The van der Waals surface area contributed by atoms with Crippen LogP contribution in [0.5, 0.6) is 0 Å². The van der Waals surface area contributed by atoms with Gasteiger partial charge < -0.3 is 20.3 Å². The second-order valence-electron chi connectivity index (χ2n) is 5.34. The molecule has 1 heterocycles. The Morgan fingerprint density at radius 3 is 2.64 bits per heavy atom. The van der Waals surface area contributed by atoms with Crippen LogP contribution in [0.3, 0.4) is 0 Å². The van der Waals surface area contributed by atoms with Crippen molar-refractivity contribution in [1.29, 1.82) is 0 Å². The van der Waals surface area contributed by atoms with Gasteiger partial charge in [0, 0.05) is 26.1 Å². The number of guanidine groups is 1. The van der Waals surface area contributed by atoms with Crippen molar-refractivity contribution < 1.29 is 5.11 Å². The van der Waals surface area contributed by atoms with Gasteiger partial charge in [-0.25, -0.2) is 4.99 Å². The molecule has 0 radical (unpaired) electrons. The maximum atomic E-state index is 9.39. The summed E-state index contributed by atoms with van der Waals surface area (Å²) in [6.45, 7) is 6.97. The minimum atomic E-state index is 0. The van der Waals surface area contributed by atoms with Gasteiger partial charge in [0.25, 0.3) is 0 Å². The lowest BCUT2D eigenvalue weighted by molar-refractivity contribution is 0.280. The SMILES string of the molecule is CCNC(=NCc1ccccc1CO)NCCn1cnnc1CC.I. The number of nitrogens with one attached hydrogen (secondary N) is 2. The molecule has 1 aromatic heterocycles. The lowest BCUT2D eigenvalue weighted by Crippen LogP contribution is -2.39. The highest BCUT2D eigenvalue weighted by Gasteiger charge is 2.03. The second kappa shape index (κ2) is 11.8. The number of aromatic nitrogens is 3. The topological polar surface area (TPSA) is 87.4 Å². The molecule has 2 rings (SSSR count). The Labute approximate surface area is 166 Å². The molecule has 0 aliphatic rings. The number of hydrogen-bond donors (Lipinski definition) is 3. The molecule has 138 valence electrons. The average molecular weight is 458 g/mol. The van der Waals surface area contributed by atoms with Gasteiger partial charge in [-0.3, -0.25) is 0 Å². The van der Waals surface area contributed by atoms with Crippen molar-refractivity contribution in [3.63, 3.8) is 0 Å². The summed E-state index contributed by atoms with van der Waals surface area (Å²) in [6, 6.07) is 7.79. The molecule has 2 aromatic rings. The molecular weight excluding hydrogens is 431 g/mol. The van der Waals surface area contributed by atoms with E-state index in [1.165, 1.54) is 0 Å². The molecule has 0 saturated carbocycles. The van der Waals surface area contributed by atoms with Crippen molar-refractivity contribution in [1.82, 2.24) is 25.4 Å². The molecule has 0 fully saturated rings. The maximum Gasteiger partial charge on any atom is 0.191 e. The smallest absolute Gasteiger partial charge is 0.191 e. The van der Waals surface area contributed by atoms with Crippen molar-refractivity contribution in [2.24, 2.45) is 4.99 Å². The number of benzene rings is 1. The molecule has 7 nitrogen and oxygen atoms in total. The number of aliphatic hydroxyl groups is 1. The molecule has 0 aliphatic heterocycles. The number of aliphatic imine (C=N–C) groups is 1. The Kier molecular flexibility index (Phi) is 10.1. The fourth-order valence-electron chi connectivity index (χ4n) is 2.41. The largest absolute Gasteiger partial charge is 0.392 e. The van der Waals surface area contributed by atoms with Crippen LogP contribution in [0.4, 0.5) is 0 Å². The first-order valence-corrected chi connectivity index (χ1v) is 8.35. The first kappa shape index (κ1) is 21.4. The maximum absolute atomic E-state index is 9.39. The summed E-state index contributed by atoms with van der Waals surface area (Å²) >= 11 is 0. The number of aliphatic hydroxyl groups excluding tert-OH is 1. The third-order valence-corrected chi connectivity index (χ3v) is 3.70.